The predicted octanol–water partition coefficient (Wildman–Crippen LogP) is 2.33. The van der Waals surface area contributed by atoms with Crippen LogP contribution in [0.25, 0.3) is 0 Å². The molecule has 1 aromatic heterocycles. The minimum Gasteiger partial charge on any atom is -0.372 e. The number of likely N-dealkylation sites (tertiary alicyclic amines) is 1. The lowest BCUT2D eigenvalue weighted by molar-refractivity contribution is -0.139. The van der Waals surface area contributed by atoms with Gasteiger partial charge in [0.05, 0.1) is 18.4 Å². The van der Waals surface area contributed by atoms with E-state index in [-0.39, 0.29) is 11.5 Å². The standard InChI is InChI=1S/C17H27N3O2/c1-13(2)7-16(21)20-6-4-5-17(12-20)8-14(11-22-17)15-9-18-19(3)10-15/h9-10,13-14H,4-8,11-12H2,1-3H3. The van der Waals surface area contributed by atoms with Crippen LogP contribution in [-0.2, 0) is 16.6 Å². The molecule has 5 heteroatoms. The van der Waals surface area contributed by atoms with Gasteiger partial charge < -0.3 is 9.64 Å². The van der Waals surface area contributed by atoms with Crippen LogP contribution in [-0.4, -0.2) is 45.9 Å². The van der Waals surface area contributed by atoms with E-state index in [4.69, 9.17) is 4.74 Å². The second-order valence-electron chi connectivity index (χ2n) is 7.36. The highest BCUT2D eigenvalue weighted by Gasteiger charge is 2.44. The molecule has 2 unspecified atom stereocenters. The molecular weight excluding hydrogens is 278 g/mol. The van der Waals surface area contributed by atoms with Gasteiger partial charge in [-0.15, -0.1) is 0 Å². The molecule has 0 N–H and O–H groups in total. The van der Waals surface area contributed by atoms with Gasteiger partial charge >= 0.3 is 0 Å². The van der Waals surface area contributed by atoms with Crippen LogP contribution >= 0.6 is 0 Å². The normalized spacial score (nSPS) is 28.7. The van der Waals surface area contributed by atoms with Crippen molar-refractivity contribution in [1.29, 1.82) is 0 Å². The van der Waals surface area contributed by atoms with Gasteiger partial charge in [0.25, 0.3) is 0 Å². The van der Waals surface area contributed by atoms with Crippen molar-refractivity contribution in [2.24, 2.45) is 13.0 Å². The van der Waals surface area contributed by atoms with Crippen molar-refractivity contribution in [1.82, 2.24) is 14.7 Å². The van der Waals surface area contributed by atoms with Crippen LogP contribution in [0.4, 0.5) is 0 Å². The van der Waals surface area contributed by atoms with Crippen LogP contribution in [0, 0.1) is 5.92 Å². The van der Waals surface area contributed by atoms with E-state index in [1.165, 1.54) is 5.56 Å². The van der Waals surface area contributed by atoms with E-state index < -0.39 is 0 Å². The molecule has 2 aliphatic heterocycles. The van der Waals surface area contributed by atoms with Gasteiger partial charge in [0, 0.05) is 38.7 Å². The topological polar surface area (TPSA) is 47.4 Å². The number of aryl methyl sites for hydroxylation is 1. The number of hydrogen-bond donors (Lipinski definition) is 0. The van der Waals surface area contributed by atoms with Crippen LogP contribution in [0.2, 0.25) is 0 Å². The molecule has 0 bridgehead atoms. The van der Waals surface area contributed by atoms with Crippen LogP contribution in [0.1, 0.15) is 51.0 Å². The van der Waals surface area contributed by atoms with Crippen LogP contribution in [0.5, 0.6) is 0 Å². The largest absolute Gasteiger partial charge is 0.372 e. The summed E-state index contributed by atoms with van der Waals surface area (Å²) in [7, 11) is 1.95. The Morgan fingerprint density at radius 1 is 1.55 bits per heavy atom. The lowest BCUT2D eigenvalue weighted by Crippen LogP contribution is -2.50. The molecule has 2 atom stereocenters. The van der Waals surface area contributed by atoms with Crippen molar-refractivity contribution in [3.05, 3.63) is 18.0 Å². The number of hydrogen-bond acceptors (Lipinski definition) is 3. The van der Waals surface area contributed by atoms with Gasteiger partial charge in [-0.2, -0.15) is 5.10 Å². The molecule has 0 aliphatic carbocycles. The molecule has 2 fully saturated rings. The average molecular weight is 305 g/mol. The Kier molecular flexibility index (Phi) is 4.26. The van der Waals surface area contributed by atoms with Gasteiger partial charge in [-0.25, -0.2) is 0 Å². The Hall–Kier alpha value is -1.36. The SMILES string of the molecule is CC(C)CC(=O)N1CCCC2(CC(c3cnn(C)c3)CO2)C1. The third-order valence-electron chi connectivity index (χ3n) is 4.88. The maximum atomic E-state index is 12.4. The maximum absolute atomic E-state index is 12.4. The molecule has 2 aliphatic rings. The summed E-state index contributed by atoms with van der Waals surface area (Å²) in [5.74, 6) is 1.11. The number of ether oxygens (including phenoxy) is 1. The summed E-state index contributed by atoms with van der Waals surface area (Å²) in [6.07, 6.45) is 7.78. The Morgan fingerprint density at radius 3 is 3.05 bits per heavy atom. The number of carbonyl (C=O) groups excluding carboxylic acids is 1. The number of carbonyl (C=O) groups is 1. The van der Waals surface area contributed by atoms with Crippen LogP contribution < -0.4 is 0 Å². The van der Waals surface area contributed by atoms with Crippen molar-refractivity contribution in [3.63, 3.8) is 0 Å². The summed E-state index contributed by atoms with van der Waals surface area (Å²) in [6.45, 7) is 6.59. The molecule has 5 nitrogen and oxygen atoms in total. The zero-order valence-corrected chi connectivity index (χ0v) is 13.9. The van der Waals surface area contributed by atoms with Gasteiger partial charge in [0.2, 0.25) is 5.91 Å². The minimum absolute atomic E-state index is 0.134. The first-order chi connectivity index (χ1) is 10.5. The van der Waals surface area contributed by atoms with E-state index in [2.05, 4.69) is 25.1 Å². The van der Waals surface area contributed by atoms with Crippen molar-refractivity contribution in [3.8, 4) is 0 Å². The molecule has 0 aromatic carbocycles. The summed E-state index contributed by atoms with van der Waals surface area (Å²) in [5.41, 5.74) is 1.12. The molecule has 122 valence electrons. The Balaban J connectivity index is 1.65. The highest BCUT2D eigenvalue weighted by atomic mass is 16.5. The zero-order valence-electron chi connectivity index (χ0n) is 13.9. The Morgan fingerprint density at radius 2 is 2.36 bits per heavy atom. The second-order valence-corrected chi connectivity index (χ2v) is 7.36. The monoisotopic (exact) mass is 305 g/mol. The van der Waals surface area contributed by atoms with Crippen molar-refractivity contribution >= 4 is 5.91 Å². The third-order valence-corrected chi connectivity index (χ3v) is 4.88. The quantitative estimate of drug-likeness (QED) is 0.861. The molecule has 1 spiro atoms. The fraction of sp³-hybridized carbons (Fsp3) is 0.765. The summed E-state index contributed by atoms with van der Waals surface area (Å²) in [6, 6.07) is 0. The van der Waals surface area contributed by atoms with Gasteiger partial charge in [0.1, 0.15) is 0 Å². The lowest BCUT2D eigenvalue weighted by atomic mass is 9.84. The molecule has 2 saturated heterocycles. The fourth-order valence-corrected chi connectivity index (χ4v) is 3.78. The van der Waals surface area contributed by atoms with Crippen molar-refractivity contribution in [2.75, 3.05) is 19.7 Å². The average Bonchev–Trinajstić information content (AvgIpc) is 3.05. The zero-order chi connectivity index (χ0) is 15.7. The van der Waals surface area contributed by atoms with E-state index in [0.717, 1.165) is 39.0 Å². The van der Waals surface area contributed by atoms with E-state index in [9.17, 15) is 4.79 Å². The summed E-state index contributed by atoms with van der Waals surface area (Å²) in [5, 5.41) is 4.27. The molecule has 22 heavy (non-hydrogen) atoms. The first-order valence-electron chi connectivity index (χ1n) is 8.38. The predicted molar refractivity (Wildman–Crippen MR) is 84.5 cm³/mol. The lowest BCUT2D eigenvalue weighted by Gasteiger charge is -2.40. The highest BCUT2D eigenvalue weighted by molar-refractivity contribution is 5.76. The first-order valence-corrected chi connectivity index (χ1v) is 8.38. The minimum atomic E-state index is -0.134. The highest BCUT2D eigenvalue weighted by Crippen LogP contribution is 2.41. The summed E-state index contributed by atoms with van der Waals surface area (Å²) >= 11 is 0. The van der Waals surface area contributed by atoms with Gasteiger partial charge in [0.15, 0.2) is 0 Å². The Labute approximate surface area is 132 Å². The smallest absolute Gasteiger partial charge is 0.222 e. The number of amides is 1. The first kappa shape index (κ1) is 15.5. The number of nitrogens with zero attached hydrogens (tertiary/aromatic N) is 3. The maximum Gasteiger partial charge on any atom is 0.222 e. The third kappa shape index (κ3) is 3.19. The summed E-state index contributed by atoms with van der Waals surface area (Å²) in [4.78, 5) is 14.4. The van der Waals surface area contributed by atoms with E-state index in [1.807, 2.05) is 22.8 Å². The molecular formula is C17H27N3O2. The van der Waals surface area contributed by atoms with E-state index in [1.54, 1.807) is 0 Å². The van der Waals surface area contributed by atoms with Crippen molar-refractivity contribution < 1.29 is 9.53 Å². The summed E-state index contributed by atoms with van der Waals surface area (Å²) < 4.78 is 8.06. The fourth-order valence-electron chi connectivity index (χ4n) is 3.78. The number of rotatable bonds is 3. The molecule has 3 rings (SSSR count). The van der Waals surface area contributed by atoms with Crippen molar-refractivity contribution in [2.45, 2.75) is 51.0 Å². The molecule has 0 saturated carbocycles. The Bertz CT molecular complexity index is 540. The molecule has 0 radical (unpaired) electrons. The number of piperidine rings is 1. The second kappa shape index (κ2) is 6.03. The molecule has 1 aromatic rings. The van der Waals surface area contributed by atoms with Gasteiger partial charge in [-0.1, -0.05) is 13.8 Å². The molecule has 1 amide bonds. The van der Waals surface area contributed by atoms with E-state index >= 15 is 0 Å². The van der Waals surface area contributed by atoms with E-state index in [0.29, 0.717) is 18.3 Å². The molecule has 3 heterocycles. The van der Waals surface area contributed by atoms with Crippen LogP contribution in [0.3, 0.4) is 0 Å². The van der Waals surface area contributed by atoms with Crippen LogP contribution in [0.15, 0.2) is 12.4 Å². The number of aromatic nitrogens is 2. The van der Waals surface area contributed by atoms with Gasteiger partial charge in [-0.05, 0) is 30.7 Å². The van der Waals surface area contributed by atoms with Gasteiger partial charge in [-0.3, -0.25) is 9.48 Å².